The Morgan fingerprint density at radius 3 is 1.57 bits per heavy atom. The highest BCUT2D eigenvalue weighted by atomic mass is 16.2. The number of likely N-dealkylation sites (tertiary alicyclic amines) is 1. The summed E-state index contributed by atoms with van der Waals surface area (Å²) in [5, 5.41) is 20.0. The number of carbonyl (C=O) groups excluding carboxylic acids is 1. The maximum atomic E-state index is 13.3. The Bertz CT molecular complexity index is 933. The molecule has 2 heterocycles. The van der Waals surface area contributed by atoms with E-state index in [0.29, 0.717) is 26.2 Å². The molecular formula is C41H89N11O. The molecule has 13 N–H and O–H groups in total. The van der Waals surface area contributed by atoms with E-state index in [4.69, 9.17) is 22.9 Å². The van der Waals surface area contributed by atoms with Crippen LogP contribution in [-0.2, 0) is 4.79 Å². The Hall–Kier alpha value is -0.930. The number of piperidine rings is 1. The van der Waals surface area contributed by atoms with Crippen LogP contribution in [0.25, 0.3) is 0 Å². The molecule has 0 aromatic carbocycles. The molecule has 53 heavy (non-hydrogen) atoms. The molecule has 2 aliphatic heterocycles. The van der Waals surface area contributed by atoms with Gasteiger partial charge in [-0.25, -0.2) is 0 Å². The predicted molar refractivity (Wildman–Crippen MR) is 226 cm³/mol. The minimum atomic E-state index is -0.340. The first kappa shape index (κ1) is 48.2. The first-order valence-corrected chi connectivity index (χ1v) is 22.0. The third-order valence-electron chi connectivity index (χ3n) is 11.7. The number of nitrogens with one attached hydrogen (secondary N) is 5. The molecule has 0 aromatic heterocycles. The Morgan fingerprint density at radius 1 is 0.660 bits per heavy atom. The van der Waals surface area contributed by atoms with E-state index in [9.17, 15) is 4.79 Å². The van der Waals surface area contributed by atoms with Gasteiger partial charge < -0.3 is 49.1 Å². The van der Waals surface area contributed by atoms with Crippen molar-refractivity contribution in [2.75, 3.05) is 72.0 Å². The number of unbranched alkanes of at least 4 members (excludes halogenated alkanes) is 9. The van der Waals surface area contributed by atoms with Crippen molar-refractivity contribution < 1.29 is 4.79 Å². The summed E-state index contributed by atoms with van der Waals surface area (Å²) in [5.74, 6) is 0.148. The summed E-state index contributed by atoms with van der Waals surface area (Å²) < 4.78 is 0. The smallest absolute Gasteiger partial charge is 0.220 e. The van der Waals surface area contributed by atoms with E-state index in [1.165, 1.54) is 64.2 Å². The number of carbonyl (C=O) groups is 1. The van der Waals surface area contributed by atoms with E-state index in [0.717, 1.165) is 84.3 Å². The van der Waals surface area contributed by atoms with Crippen molar-refractivity contribution in [1.82, 2.24) is 36.4 Å². The van der Waals surface area contributed by atoms with Gasteiger partial charge in [-0.15, -0.1) is 0 Å². The van der Waals surface area contributed by atoms with E-state index < -0.39 is 0 Å². The van der Waals surface area contributed by atoms with E-state index in [1.54, 1.807) is 6.92 Å². The SMILES string of the molecule is CCCCCCCCCCCCN1C(C(CNCCCN)NCCCN)NC2(CC(C)(C)N(C(C)=O)C(C)(C)C2)C1C(CNCCCN)NCCCN. The maximum Gasteiger partial charge on any atom is 0.220 e. The van der Waals surface area contributed by atoms with Gasteiger partial charge in [-0.3, -0.25) is 15.0 Å². The van der Waals surface area contributed by atoms with Crippen LogP contribution in [0.2, 0.25) is 0 Å². The van der Waals surface area contributed by atoms with Gasteiger partial charge in [-0.05, 0) is 125 Å². The maximum absolute atomic E-state index is 13.3. The van der Waals surface area contributed by atoms with Gasteiger partial charge in [0.05, 0.1) is 6.17 Å². The lowest BCUT2D eigenvalue weighted by atomic mass is 9.65. The Labute approximate surface area is 326 Å². The van der Waals surface area contributed by atoms with Gasteiger partial charge in [-0.1, -0.05) is 64.7 Å². The van der Waals surface area contributed by atoms with Crippen LogP contribution in [0.1, 0.15) is 144 Å². The number of rotatable bonds is 31. The molecule has 0 saturated carbocycles. The third-order valence-corrected chi connectivity index (χ3v) is 11.7. The van der Waals surface area contributed by atoms with Crippen LogP contribution in [0, 0.1) is 0 Å². The topological polar surface area (TPSA) is 188 Å². The van der Waals surface area contributed by atoms with Crippen LogP contribution < -0.4 is 49.5 Å². The van der Waals surface area contributed by atoms with Crippen molar-refractivity contribution in [3.63, 3.8) is 0 Å². The second-order valence-electron chi connectivity index (χ2n) is 17.5. The highest BCUT2D eigenvalue weighted by molar-refractivity contribution is 5.75. The lowest BCUT2D eigenvalue weighted by Gasteiger charge is -2.60. The molecule has 2 rings (SSSR count). The van der Waals surface area contributed by atoms with Crippen molar-refractivity contribution >= 4 is 5.91 Å². The van der Waals surface area contributed by atoms with Crippen LogP contribution >= 0.6 is 0 Å². The average Bonchev–Trinajstić information content (AvgIpc) is 3.37. The second-order valence-corrected chi connectivity index (χ2v) is 17.5. The van der Waals surface area contributed by atoms with Gasteiger partial charge >= 0.3 is 0 Å². The van der Waals surface area contributed by atoms with Crippen LogP contribution in [-0.4, -0.2) is 129 Å². The number of hydrogen-bond donors (Lipinski definition) is 9. The zero-order valence-corrected chi connectivity index (χ0v) is 35.5. The quantitative estimate of drug-likeness (QED) is 0.0475. The normalized spacial score (nSPS) is 22.1. The zero-order chi connectivity index (χ0) is 39.2. The van der Waals surface area contributed by atoms with Crippen molar-refractivity contribution in [2.45, 2.75) is 185 Å². The summed E-state index contributed by atoms with van der Waals surface area (Å²) >= 11 is 0. The van der Waals surface area contributed by atoms with E-state index in [2.05, 4.69) is 71.0 Å². The molecule has 1 spiro atoms. The minimum absolute atomic E-state index is 0.0973. The molecule has 12 heteroatoms. The minimum Gasteiger partial charge on any atom is -0.333 e. The lowest BCUT2D eigenvalue weighted by Crippen LogP contribution is -2.74. The van der Waals surface area contributed by atoms with Crippen molar-refractivity contribution in [3.8, 4) is 0 Å². The number of nitrogens with zero attached hydrogens (tertiary/aromatic N) is 2. The molecule has 2 saturated heterocycles. The van der Waals surface area contributed by atoms with Crippen molar-refractivity contribution in [3.05, 3.63) is 0 Å². The summed E-state index contributed by atoms with van der Waals surface area (Å²) in [5.41, 5.74) is 23.0. The van der Waals surface area contributed by atoms with Gasteiger partial charge in [0.1, 0.15) is 0 Å². The fourth-order valence-electron chi connectivity index (χ4n) is 10.0. The third kappa shape index (κ3) is 15.9. The number of amides is 1. The van der Waals surface area contributed by atoms with Crippen LogP contribution in [0.15, 0.2) is 0 Å². The summed E-state index contributed by atoms with van der Waals surface area (Å²) in [6, 6.07) is 0.520. The van der Waals surface area contributed by atoms with E-state index >= 15 is 0 Å². The molecule has 2 fully saturated rings. The standard InChI is InChI=1S/C41H89N11O/c1-7-8-9-10-11-12-13-14-15-16-29-51-37(35(48-27-19-23-44)30-46-25-17-21-42)41(32-39(3,4)52(34(2)53)40(5,6)33-41)50-38(51)36(49-28-20-24-45)31-47-26-18-22-43/h35-38,46-50H,7-33,42-45H2,1-6H3. The molecule has 0 aliphatic carbocycles. The predicted octanol–water partition coefficient (Wildman–Crippen LogP) is 2.94. The molecule has 0 aromatic rings. The highest BCUT2D eigenvalue weighted by Crippen LogP contribution is 2.49. The molecule has 0 bridgehead atoms. The van der Waals surface area contributed by atoms with E-state index in [1.807, 2.05) is 0 Å². The van der Waals surface area contributed by atoms with Gasteiger partial charge in [-0.2, -0.15) is 0 Å². The van der Waals surface area contributed by atoms with Gasteiger partial charge in [0.2, 0.25) is 5.91 Å². The van der Waals surface area contributed by atoms with Gasteiger partial charge in [0.15, 0.2) is 0 Å². The monoisotopic (exact) mass is 752 g/mol. The molecule has 314 valence electrons. The zero-order valence-electron chi connectivity index (χ0n) is 35.5. The van der Waals surface area contributed by atoms with Crippen LogP contribution in [0.5, 0.6) is 0 Å². The molecular weight excluding hydrogens is 663 g/mol. The average molecular weight is 752 g/mol. The van der Waals surface area contributed by atoms with Crippen LogP contribution in [0.3, 0.4) is 0 Å². The number of hydrogen-bond acceptors (Lipinski definition) is 11. The number of nitrogens with two attached hydrogens (primary N) is 4. The summed E-state index contributed by atoms with van der Waals surface area (Å²) in [7, 11) is 0. The Kier molecular flexibility index (Phi) is 23.7. The Morgan fingerprint density at radius 2 is 1.09 bits per heavy atom. The Balaban J connectivity index is 2.58. The molecule has 4 atom stereocenters. The second kappa shape index (κ2) is 26.1. The first-order chi connectivity index (χ1) is 25.4. The molecule has 12 nitrogen and oxygen atoms in total. The van der Waals surface area contributed by atoms with Gasteiger partial charge in [0.25, 0.3) is 0 Å². The highest BCUT2D eigenvalue weighted by Gasteiger charge is 2.63. The van der Waals surface area contributed by atoms with Crippen LogP contribution in [0.4, 0.5) is 0 Å². The fraction of sp³-hybridized carbons (Fsp3) is 0.976. The van der Waals surface area contributed by atoms with Gasteiger partial charge in [0, 0.05) is 61.3 Å². The fourth-order valence-corrected chi connectivity index (χ4v) is 10.0. The first-order valence-electron chi connectivity index (χ1n) is 22.0. The summed E-state index contributed by atoms with van der Waals surface area (Å²) in [4.78, 5) is 18.3. The molecule has 1 amide bonds. The summed E-state index contributed by atoms with van der Waals surface area (Å²) in [6.45, 7) is 22.0. The largest absolute Gasteiger partial charge is 0.333 e. The van der Waals surface area contributed by atoms with Crippen molar-refractivity contribution in [2.24, 2.45) is 22.9 Å². The molecule has 2 aliphatic rings. The molecule has 4 unspecified atom stereocenters. The summed E-state index contributed by atoms with van der Waals surface area (Å²) in [6.07, 6.45) is 18.8. The van der Waals surface area contributed by atoms with E-state index in [-0.39, 0.29) is 46.8 Å². The molecule has 0 radical (unpaired) electrons. The lowest BCUT2D eigenvalue weighted by molar-refractivity contribution is -0.152. The van der Waals surface area contributed by atoms with Crippen molar-refractivity contribution in [1.29, 1.82) is 0 Å².